The largest absolute Gasteiger partial charge is 0.446 e. The van der Waals surface area contributed by atoms with Gasteiger partial charge in [-0.3, -0.25) is 0 Å². The molecule has 0 bridgehead atoms. The lowest BCUT2D eigenvalue weighted by molar-refractivity contribution is 0.194. The van der Waals surface area contributed by atoms with Crippen LogP contribution in [-0.2, 0) is 16.6 Å². The molecule has 7 heteroatoms. The van der Waals surface area contributed by atoms with Gasteiger partial charge in [-0.1, -0.05) is 0 Å². The van der Waals surface area contributed by atoms with E-state index in [1.54, 1.807) is 7.05 Å². The van der Waals surface area contributed by atoms with Gasteiger partial charge in [0.25, 0.3) is 10.0 Å². The van der Waals surface area contributed by atoms with Crippen molar-refractivity contribution in [1.82, 2.24) is 9.21 Å². The minimum Gasteiger partial charge on any atom is -0.446 e. The molecule has 0 spiro atoms. The highest BCUT2D eigenvalue weighted by atomic mass is 32.2. The zero-order chi connectivity index (χ0) is 14.0. The molecule has 0 atom stereocenters. The highest BCUT2D eigenvalue weighted by Gasteiger charge is 2.32. The highest BCUT2D eigenvalue weighted by Crippen LogP contribution is 2.23. The van der Waals surface area contributed by atoms with E-state index in [1.807, 2.05) is 7.05 Å². The third-order valence-electron chi connectivity index (χ3n) is 3.63. The van der Waals surface area contributed by atoms with Gasteiger partial charge in [-0.05, 0) is 45.1 Å². The fourth-order valence-electron chi connectivity index (χ4n) is 2.28. The van der Waals surface area contributed by atoms with E-state index in [0.717, 1.165) is 25.9 Å². The Morgan fingerprint density at radius 2 is 2.05 bits per heavy atom. The lowest BCUT2D eigenvalue weighted by Crippen LogP contribution is -2.44. The Labute approximate surface area is 113 Å². The van der Waals surface area contributed by atoms with Gasteiger partial charge in [-0.15, -0.1) is 0 Å². The third-order valence-corrected chi connectivity index (χ3v) is 5.41. The summed E-state index contributed by atoms with van der Waals surface area (Å²) in [6.07, 6.45) is 1.64. The average Bonchev–Trinajstić information content (AvgIpc) is 2.88. The summed E-state index contributed by atoms with van der Waals surface area (Å²) in [5.74, 6) is 0.260. The Hall–Kier alpha value is -0.890. The second-order valence-electron chi connectivity index (χ2n) is 4.93. The zero-order valence-electron chi connectivity index (χ0n) is 11.2. The fraction of sp³-hybridized carbons (Fsp3) is 0.667. The molecule has 19 heavy (non-hydrogen) atoms. The maximum Gasteiger partial charge on any atom is 0.276 e. The molecule has 1 N–H and O–H groups in total. The lowest BCUT2D eigenvalue weighted by atomic mass is 10.1. The van der Waals surface area contributed by atoms with E-state index < -0.39 is 10.0 Å². The summed E-state index contributed by atoms with van der Waals surface area (Å²) in [6.45, 7) is 1.49. The quantitative estimate of drug-likeness (QED) is 0.872. The summed E-state index contributed by atoms with van der Waals surface area (Å²) in [5.41, 5.74) is 0. The number of hydrogen-bond donors (Lipinski definition) is 1. The van der Waals surface area contributed by atoms with Crippen molar-refractivity contribution in [2.24, 2.45) is 0 Å². The molecule has 2 rings (SSSR count). The van der Waals surface area contributed by atoms with Gasteiger partial charge in [-0.25, -0.2) is 8.42 Å². The SMILES string of the molecule is CN1CCC(N(C)S(=O)(=O)c2ccc(CO)o2)CC1. The first-order chi connectivity index (χ1) is 8.95. The monoisotopic (exact) mass is 288 g/mol. The van der Waals surface area contributed by atoms with Crippen LogP contribution >= 0.6 is 0 Å². The summed E-state index contributed by atoms with van der Waals surface area (Å²) in [4.78, 5) is 2.19. The van der Waals surface area contributed by atoms with Crippen molar-refractivity contribution in [3.8, 4) is 0 Å². The molecule has 0 saturated carbocycles. The van der Waals surface area contributed by atoms with Crippen LogP contribution in [0.4, 0.5) is 0 Å². The molecule has 1 aromatic heterocycles. The van der Waals surface area contributed by atoms with Crippen molar-refractivity contribution >= 4 is 10.0 Å². The number of aliphatic hydroxyl groups excluding tert-OH is 1. The number of piperidine rings is 1. The van der Waals surface area contributed by atoms with Gasteiger partial charge in [0.1, 0.15) is 12.4 Å². The number of hydrogen-bond acceptors (Lipinski definition) is 5. The Morgan fingerprint density at radius 1 is 1.42 bits per heavy atom. The first-order valence-corrected chi connectivity index (χ1v) is 7.75. The number of nitrogens with zero attached hydrogens (tertiary/aromatic N) is 2. The molecule has 6 nitrogen and oxygen atoms in total. The van der Waals surface area contributed by atoms with E-state index in [1.165, 1.54) is 16.4 Å². The summed E-state index contributed by atoms with van der Waals surface area (Å²) in [5, 5.41) is 8.83. The molecular weight excluding hydrogens is 268 g/mol. The summed E-state index contributed by atoms with van der Waals surface area (Å²) >= 11 is 0. The van der Waals surface area contributed by atoms with Crippen molar-refractivity contribution in [3.63, 3.8) is 0 Å². The number of likely N-dealkylation sites (tertiary alicyclic amines) is 1. The number of rotatable bonds is 4. The van der Waals surface area contributed by atoms with E-state index in [0.29, 0.717) is 0 Å². The maximum atomic E-state index is 12.4. The molecule has 0 radical (unpaired) electrons. The molecule has 2 heterocycles. The van der Waals surface area contributed by atoms with Gasteiger partial charge >= 0.3 is 0 Å². The summed E-state index contributed by atoms with van der Waals surface area (Å²) in [6, 6.07) is 2.88. The average molecular weight is 288 g/mol. The Morgan fingerprint density at radius 3 is 2.58 bits per heavy atom. The van der Waals surface area contributed by atoms with Crippen LogP contribution in [0.1, 0.15) is 18.6 Å². The van der Waals surface area contributed by atoms with Gasteiger partial charge in [0.15, 0.2) is 0 Å². The van der Waals surface area contributed by atoms with E-state index >= 15 is 0 Å². The molecule has 1 aliphatic rings. The van der Waals surface area contributed by atoms with Crippen LogP contribution in [0.15, 0.2) is 21.6 Å². The molecule has 0 amide bonds. The molecule has 0 aromatic carbocycles. The van der Waals surface area contributed by atoms with Gasteiger partial charge < -0.3 is 14.4 Å². The fourth-order valence-corrected chi connectivity index (χ4v) is 3.62. The van der Waals surface area contributed by atoms with Gasteiger partial charge in [0, 0.05) is 13.1 Å². The molecule has 1 fully saturated rings. The van der Waals surface area contributed by atoms with E-state index in [-0.39, 0.29) is 23.5 Å². The molecular formula is C12H20N2O4S. The number of aliphatic hydroxyl groups is 1. The van der Waals surface area contributed by atoms with Crippen LogP contribution in [0.5, 0.6) is 0 Å². The van der Waals surface area contributed by atoms with Crippen molar-refractivity contribution in [3.05, 3.63) is 17.9 Å². The first kappa shape index (κ1) is 14.5. The minimum absolute atomic E-state index is 0.00359. The molecule has 1 aromatic rings. The van der Waals surface area contributed by atoms with Crippen LogP contribution in [0, 0.1) is 0 Å². The van der Waals surface area contributed by atoms with Crippen molar-refractivity contribution in [2.75, 3.05) is 27.2 Å². The third kappa shape index (κ3) is 3.00. The van der Waals surface area contributed by atoms with Crippen molar-refractivity contribution < 1.29 is 17.9 Å². The lowest BCUT2D eigenvalue weighted by Gasteiger charge is -2.33. The number of sulfonamides is 1. The second kappa shape index (κ2) is 5.62. The molecule has 1 aliphatic heterocycles. The highest BCUT2D eigenvalue weighted by molar-refractivity contribution is 7.89. The van der Waals surface area contributed by atoms with E-state index in [9.17, 15) is 8.42 Å². The Kier molecular flexibility index (Phi) is 4.29. The minimum atomic E-state index is -3.61. The van der Waals surface area contributed by atoms with E-state index in [4.69, 9.17) is 9.52 Å². The van der Waals surface area contributed by atoms with Crippen LogP contribution in [0.25, 0.3) is 0 Å². The molecule has 0 aliphatic carbocycles. The van der Waals surface area contributed by atoms with Gasteiger partial charge in [-0.2, -0.15) is 4.31 Å². The summed E-state index contributed by atoms with van der Waals surface area (Å²) in [7, 11) is 0.0139. The molecule has 0 unspecified atom stereocenters. The smallest absolute Gasteiger partial charge is 0.276 e. The van der Waals surface area contributed by atoms with Gasteiger partial charge in [0.05, 0.1) is 0 Å². The standard InChI is InChI=1S/C12H20N2O4S/c1-13-7-5-10(6-8-13)14(2)19(16,17)12-4-3-11(9-15)18-12/h3-4,10,15H,5-9H2,1-2H3. The van der Waals surface area contributed by atoms with Crippen molar-refractivity contribution in [2.45, 2.75) is 30.6 Å². The van der Waals surface area contributed by atoms with Crippen LogP contribution in [0.3, 0.4) is 0 Å². The number of furan rings is 1. The van der Waals surface area contributed by atoms with E-state index in [2.05, 4.69) is 4.90 Å². The Balaban J connectivity index is 2.14. The topological polar surface area (TPSA) is 74.0 Å². The van der Waals surface area contributed by atoms with Crippen LogP contribution < -0.4 is 0 Å². The first-order valence-electron chi connectivity index (χ1n) is 6.31. The molecule has 108 valence electrons. The Bertz CT molecular complexity index is 518. The van der Waals surface area contributed by atoms with Crippen LogP contribution in [0.2, 0.25) is 0 Å². The predicted octanol–water partition coefficient (Wildman–Crippen LogP) is 0.487. The van der Waals surface area contributed by atoms with Crippen LogP contribution in [-0.4, -0.2) is 56.0 Å². The van der Waals surface area contributed by atoms with Crippen molar-refractivity contribution in [1.29, 1.82) is 0 Å². The maximum absolute atomic E-state index is 12.4. The van der Waals surface area contributed by atoms with Gasteiger partial charge in [0.2, 0.25) is 5.09 Å². The molecule has 1 saturated heterocycles. The second-order valence-corrected chi connectivity index (χ2v) is 6.86. The normalized spacial score (nSPS) is 19.2. The zero-order valence-corrected chi connectivity index (χ0v) is 12.1. The summed E-state index contributed by atoms with van der Waals surface area (Å²) < 4.78 is 31.3. The predicted molar refractivity (Wildman–Crippen MR) is 70.1 cm³/mol.